The van der Waals surface area contributed by atoms with Crippen molar-refractivity contribution in [1.82, 2.24) is 10.3 Å². The molecule has 0 aliphatic carbocycles. The molecular formula is C22H22N2O3. The first kappa shape index (κ1) is 17.2. The Kier molecular flexibility index (Phi) is 4.36. The molecule has 2 N–H and O–H groups in total. The van der Waals surface area contributed by atoms with Crippen LogP contribution in [-0.4, -0.2) is 18.0 Å². The zero-order chi connectivity index (χ0) is 19.0. The maximum absolute atomic E-state index is 12.6. The van der Waals surface area contributed by atoms with Gasteiger partial charge in [-0.05, 0) is 43.7 Å². The number of benzene rings is 2. The molecule has 5 nitrogen and oxygen atoms in total. The molecule has 1 atom stereocenters. The number of hydrogen-bond donors (Lipinski definition) is 2. The molecule has 138 valence electrons. The number of ether oxygens (including phenoxy) is 1. The fourth-order valence-corrected chi connectivity index (χ4v) is 3.57. The van der Waals surface area contributed by atoms with Crippen molar-refractivity contribution in [2.24, 2.45) is 0 Å². The van der Waals surface area contributed by atoms with Gasteiger partial charge in [0.15, 0.2) is 0 Å². The van der Waals surface area contributed by atoms with Crippen LogP contribution in [0.2, 0.25) is 0 Å². The Labute approximate surface area is 157 Å². The summed E-state index contributed by atoms with van der Waals surface area (Å²) in [4.78, 5) is 15.8. The van der Waals surface area contributed by atoms with Gasteiger partial charge in [-0.3, -0.25) is 4.79 Å². The quantitative estimate of drug-likeness (QED) is 0.543. The van der Waals surface area contributed by atoms with E-state index in [9.17, 15) is 4.79 Å². The van der Waals surface area contributed by atoms with Crippen molar-refractivity contribution in [3.63, 3.8) is 0 Å². The second-order valence-corrected chi connectivity index (χ2v) is 6.78. The minimum absolute atomic E-state index is 0.0499. The van der Waals surface area contributed by atoms with Gasteiger partial charge in [0.05, 0.1) is 19.6 Å². The summed E-state index contributed by atoms with van der Waals surface area (Å²) in [6.45, 7) is 3.97. The largest absolute Gasteiger partial charge is 0.497 e. The Morgan fingerprint density at radius 2 is 2.04 bits per heavy atom. The minimum Gasteiger partial charge on any atom is -0.497 e. The first-order valence-electron chi connectivity index (χ1n) is 8.98. The van der Waals surface area contributed by atoms with Gasteiger partial charge in [-0.25, -0.2) is 0 Å². The highest BCUT2D eigenvalue weighted by Gasteiger charge is 2.19. The first-order chi connectivity index (χ1) is 13.1. The predicted molar refractivity (Wildman–Crippen MR) is 106 cm³/mol. The second-order valence-electron chi connectivity index (χ2n) is 6.78. The number of hydrogen-bond acceptors (Lipinski definition) is 3. The maximum Gasteiger partial charge on any atom is 0.225 e. The Hall–Kier alpha value is -3.21. The van der Waals surface area contributed by atoms with Gasteiger partial charge in [0, 0.05) is 28.0 Å². The normalized spacial score (nSPS) is 12.4. The van der Waals surface area contributed by atoms with Crippen LogP contribution in [0.25, 0.3) is 21.9 Å². The van der Waals surface area contributed by atoms with E-state index >= 15 is 0 Å². The number of H-pyrrole nitrogens is 1. The minimum atomic E-state index is -0.204. The number of rotatable bonds is 5. The number of fused-ring (bicyclic) bond motifs is 2. The number of carbonyl (C=O) groups excluding carboxylic acids is 1. The van der Waals surface area contributed by atoms with Crippen LogP contribution < -0.4 is 10.1 Å². The smallest absolute Gasteiger partial charge is 0.225 e. The van der Waals surface area contributed by atoms with Crippen LogP contribution in [0.4, 0.5) is 0 Å². The number of aromatic amines is 1. The lowest BCUT2D eigenvalue weighted by Gasteiger charge is -2.12. The molecule has 0 aliphatic heterocycles. The van der Waals surface area contributed by atoms with Crippen molar-refractivity contribution in [3.05, 3.63) is 65.5 Å². The summed E-state index contributed by atoms with van der Waals surface area (Å²) in [5, 5.41) is 5.13. The number of amides is 1. The van der Waals surface area contributed by atoms with E-state index in [4.69, 9.17) is 9.15 Å². The number of furan rings is 1. The summed E-state index contributed by atoms with van der Waals surface area (Å²) in [6, 6.07) is 13.5. The van der Waals surface area contributed by atoms with Crippen LogP contribution in [0, 0.1) is 6.92 Å². The molecule has 0 spiro atoms. The van der Waals surface area contributed by atoms with E-state index in [2.05, 4.69) is 10.3 Å². The van der Waals surface area contributed by atoms with Gasteiger partial charge >= 0.3 is 0 Å². The molecule has 0 radical (unpaired) electrons. The predicted octanol–water partition coefficient (Wildman–Crippen LogP) is 4.65. The van der Waals surface area contributed by atoms with Crippen molar-refractivity contribution in [2.45, 2.75) is 26.3 Å². The summed E-state index contributed by atoms with van der Waals surface area (Å²) in [7, 11) is 1.64. The molecule has 0 saturated heterocycles. The highest BCUT2D eigenvalue weighted by atomic mass is 16.5. The lowest BCUT2D eigenvalue weighted by molar-refractivity contribution is -0.121. The maximum atomic E-state index is 12.6. The number of methoxy groups -OCH3 is 1. The molecule has 2 heterocycles. The van der Waals surface area contributed by atoms with Gasteiger partial charge in [-0.1, -0.05) is 18.2 Å². The number of carbonyl (C=O) groups is 1. The third kappa shape index (κ3) is 3.16. The van der Waals surface area contributed by atoms with Crippen molar-refractivity contribution >= 4 is 27.8 Å². The summed E-state index contributed by atoms with van der Waals surface area (Å²) in [6.07, 6.45) is 2.16. The Morgan fingerprint density at radius 3 is 2.81 bits per heavy atom. The van der Waals surface area contributed by atoms with E-state index in [1.807, 2.05) is 62.5 Å². The van der Waals surface area contributed by atoms with Gasteiger partial charge in [0.1, 0.15) is 17.1 Å². The van der Waals surface area contributed by atoms with Crippen molar-refractivity contribution in [1.29, 1.82) is 0 Å². The van der Waals surface area contributed by atoms with Crippen LogP contribution in [0.15, 0.2) is 53.1 Å². The Balaban J connectivity index is 1.53. The molecule has 0 bridgehead atoms. The van der Waals surface area contributed by atoms with E-state index in [0.717, 1.165) is 44.5 Å². The summed E-state index contributed by atoms with van der Waals surface area (Å²) >= 11 is 0. The highest BCUT2D eigenvalue weighted by molar-refractivity contribution is 5.90. The molecular weight excluding hydrogens is 340 g/mol. The Bertz CT molecular complexity index is 1120. The molecule has 2 aromatic carbocycles. The van der Waals surface area contributed by atoms with Gasteiger partial charge in [-0.2, -0.15) is 0 Å². The number of aromatic nitrogens is 1. The van der Waals surface area contributed by atoms with E-state index in [1.54, 1.807) is 7.11 Å². The number of para-hydroxylation sites is 1. The fourth-order valence-electron chi connectivity index (χ4n) is 3.57. The third-order valence-corrected chi connectivity index (χ3v) is 4.98. The third-order valence-electron chi connectivity index (χ3n) is 4.98. The van der Waals surface area contributed by atoms with Crippen molar-refractivity contribution in [2.75, 3.05) is 7.11 Å². The van der Waals surface area contributed by atoms with E-state index < -0.39 is 0 Å². The molecule has 27 heavy (non-hydrogen) atoms. The zero-order valence-corrected chi connectivity index (χ0v) is 15.6. The van der Waals surface area contributed by atoms with E-state index in [1.165, 1.54) is 0 Å². The van der Waals surface area contributed by atoms with E-state index in [0.29, 0.717) is 0 Å². The molecule has 0 saturated carbocycles. The van der Waals surface area contributed by atoms with Crippen LogP contribution in [0.3, 0.4) is 0 Å². The second kappa shape index (κ2) is 6.83. The highest BCUT2D eigenvalue weighted by Crippen LogP contribution is 2.29. The van der Waals surface area contributed by atoms with Gasteiger partial charge in [0.2, 0.25) is 5.91 Å². The summed E-state index contributed by atoms with van der Waals surface area (Å²) < 4.78 is 11.2. The molecule has 1 amide bonds. The van der Waals surface area contributed by atoms with Crippen LogP contribution in [0.1, 0.15) is 29.9 Å². The molecule has 1 unspecified atom stereocenters. The lowest BCUT2D eigenvalue weighted by atomic mass is 10.1. The van der Waals surface area contributed by atoms with Crippen molar-refractivity contribution in [3.8, 4) is 5.75 Å². The summed E-state index contributed by atoms with van der Waals surface area (Å²) in [5.74, 6) is 1.52. The monoisotopic (exact) mass is 362 g/mol. The summed E-state index contributed by atoms with van der Waals surface area (Å²) in [5.41, 5.74) is 3.83. The fraction of sp³-hybridized carbons (Fsp3) is 0.227. The van der Waals surface area contributed by atoms with Crippen LogP contribution in [-0.2, 0) is 11.2 Å². The number of nitrogens with one attached hydrogen (secondary N) is 2. The Morgan fingerprint density at radius 1 is 1.22 bits per heavy atom. The van der Waals surface area contributed by atoms with Crippen LogP contribution >= 0.6 is 0 Å². The SMILES string of the molecule is COc1ccc2[nH]cc(CC(=O)NC(C)c3oc4ccccc4c3C)c2c1. The molecule has 4 aromatic rings. The van der Waals surface area contributed by atoms with Crippen LogP contribution in [0.5, 0.6) is 5.75 Å². The number of aryl methyl sites for hydroxylation is 1. The lowest BCUT2D eigenvalue weighted by Crippen LogP contribution is -2.28. The topological polar surface area (TPSA) is 67.3 Å². The van der Waals surface area contributed by atoms with Gasteiger partial charge < -0.3 is 19.5 Å². The molecule has 4 rings (SSSR count). The zero-order valence-electron chi connectivity index (χ0n) is 15.6. The van der Waals surface area contributed by atoms with E-state index in [-0.39, 0.29) is 18.4 Å². The molecule has 0 fully saturated rings. The molecule has 2 aromatic heterocycles. The van der Waals surface area contributed by atoms with Crippen molar-refractivity contribution < 1.29 is 13.9 Å². The van der Waals surface area contributed by atoms with Gasteiger partial charge in [0.25, 0.3) is 0 Å². The average Bonchev–Trinajstić information content (AvgIpc) is 3.23. The molecule has 0 aliphatic rings. The molecule has 5 heteroatoms. The first-order valence-corrected chi connectivity index (χ1v) is 8.98. The van der Waals surface area contributed by atoms with Gasteiger partial charge in [-0.15, -0.1) is 0 Å². The standard InChI is InChI=1S/C22H22N2O3/c1-13-17-6-4-5-7-20(17)27-22(13)14(2)24-21(25)10-15-12-23-19-9-8-16(26-3)11-18(15)19/h4-9,11-12,14,23H,10H2,1-3H3,(H,24,25). The average molecular weight is 362 g/mol.